The molecule has 0 aliphatic carbocycles. The molecule has 0 spiro atoms. The molecule has 1 aliphatic rings. The zero-order valence-electron chi connectivity index (χ0n) is 17.8. The van der Waals surface area contributed by atoms with Crippen LogP contribution in [0.15, 0.2) is 47.4 Å². The second-order valence-electron chi connectivity index (χ2n) is 7.42. The van der Waals surface area contributed by atoms with Crippen LogP contribution in [0, 0.1) is 0 Å². The fraction of sp³-hybridized carbons (Fsp3) is 0.364. The van der Waals surface area contributed by atoms with Crippen LogP contribution in [0.5, 0.6) is 5.75 Å². The lowest BCUT2D eigenvalue weighted by atomic mass is 10.1. The van der Waals surface area contributed by atoms with Crippen molar-refractivity contribution in [3.63, 3.8) is 0 Å². The van der Waals surface area contributed by atoms with Crippen LogP contribution in [0.25, 0.3) is 0 Å². The standard InChI is InChI=1S/C22H27N3O5S/c1-4-15(2)23-22(27)17-8-5-6-9-18(17)24-31(28,29)16-11-12-20(30-3)19(14-16)25-13-7-10-21(25)26/h5-6,8-9,11-12,14-15,24H,4,7,10,13H2,1-3H3,(H,23,27). The molecule has 0 saturated carbocycles. The lowest BCUT2D eigenvalue weighted by Gasteiger charge is -2.20. The number of methoxy groups -OCH3 is 1. The maximum atomic E-state index is 13.1. The van der Waals surface area contributed by atoms with Gasteiger partial charge in [0.2, 0.25) is 5.91 Å². The van der Waals surface area contributed by atoms with E-state index >= 15 is 0 Å². The van der Waals surface area contributed by atoms with Gasteiger partial charge in [0.15, 0.2) is 0 Å². The van der Waals surface area contributed by atoms with Gasteiger partial charge in [0.25, 0.3) is 15.9 Å². The summed E-state index contributed by atoms with van der Waals surface area (Å²) in [6, 6.07) is 10.7. The van der Waals surface area contributed by atoms with Gasteiger partial charge in [-0.25, -0.2) is 8.42 Å². The molecule has 2 amide bonds. The molecule has 1 atom stereocenters. The van der Waals surface area contributed by atoms with Crippen LogP contribution in [0.1, 0.15) is 43.5 Å². The SMILES string of the molecule is CCC(C)NC(=O)c1ccccc1NS(=O)(=O)c1ccc(OC)c(N2CCCC2=O)c1. The Morgan fingerprint density at radius 3 is 2.61 bits per heavy atom. The first-order valence-electron chi connectivity index (χ1n) is 10.2. The van der Waals surface area contributed by atoms with Crippen molar-refractivity contribution in [2.75, 3.05) is 23.3 Å². The van der Waals surface area contributed by atoms with Crippen LogP contribution in [-0.4, -0.2) is 39.9 Å². The fourth-order valence-corrected chi connectivity index (χ4v) is 4.43. The zero-order valence-corrected chi connectivity index (χ0v) is 18.7. The number of carbonyl (C=O) groups is 2. The van der Waals surface area contributed by atoms with E-state index in [0.717, 1.165) is 6.42 Å². The van der Waals surface area contributed by atoms with Gasteiger partial charge in [-0.15, -0.1) is 0 Å². The van der Waals surface area contributed by atoms with Gasteiger partial charge in [-0.1, -0.05) is 19.1 Å². The quantitative estimate of drug-likeness (QED) is 0.649. The van der Waals surface area contributed by atoms with E-state index in [1.54, 1.807) is 18.2 Å². The average Bonchev–Trinajstić information content (AvgIpc) is 3.18. The van der Waals surface area contributed by atoms with Crippen molar-refractivity contribution in [2.45, 2.75) is 44.0 Å². The highest BCUT2D eigenvalue weighted by Crippen LogP contribution is 2.34. The molecule has 0 radical (unpaired) electrons. The van der Waals surface area contributed by atoms with E-state index in [1.165, 1.54) is 36.3 Å². The highest BCUT2D eigenvalue weighted by molar-refractivity contribution is 7.92. The van der Waals surface area contributed by atoms with Crippen LogP contribution in [0.4, 0.5) is 11.4 Å². The third-order valence-electron chi connectivity index (χ3n) is 5.23. The summed E-state index contributed by atoms with van der Waals surface area (Å²) in [6.45, 7) is 4.33. The molecule has 0 aromatic heterocycles. The highest BCUT2D eigenvalue weighted by atomic mass is 32.2. The van der Waals surface area contributed by atoms with Gasteiger partial charge < -0.3 is 15.0 Å². The molecule has 3 rings (SSSR count). The molecule has 2 aromatic carbocycles. The van der Waals surface area contributed by atoms with Crippen molar-refractivity contribution >= 4 is 33.2 Å². The molecule has 2 N–H and O–H groups in total. The number of para-hydroxylation sites is 1. The van der Waals surface area contributed by atoms with E-state index in [9.17, 15) is 18.0 Å². The molecule has 2 aromatic rings. The van der Waals surface area contributed by atoms with Crippen LogP contribution < -0.4 is 19.7 Å². The van der Waals surface area contributed by atoms with E-state index in [1.807, 2.05) is 13.8 Å². The second kappa shape index (κ2) is 9.38. The number of carbonyl (C=O) groups excluding carboxylic acids is 2. The summed E-state index contributed by atoms with van der Waals surface area (Å²) in [5.41, 5.74) is 0.823. The van der Waals surface area contributed by atoms with E-state index in [-0.39, 0.29) is 34.0 Å². The number of amides is 2. The molecular weight excluding hydrogens is 418 g/mol. The van der Waals surface area contributed by atoms with Crippen LogP contribution >= 0.6 is 0 Å². The van der Waals surface area contributed by atoms with Crippen molar-refractivity contribution in [2.24, 2.45) is 0 Å². The number of nitrogens with zero attached hydrogens (tertiary/aromatic N) is 1. The van der Waals surface area contributed by atoms with Gasteiger partial charge in [-0.3, -0.25) is 14.3 Å². The molecule has 1 unspecified atom stereocenters. The van der Waals surface area contributed by atoms with Gasteiger partial charge in [0, 0.05) is 19.0 Å². The summed E-state index contributed by atoms with van der Waals surface area (Å²) in [5, 5.41) is 2.84. The summed E-state index contributed by atoms with van der Waals surface area (Å²) in [4.78, 5) is 26.3. The Morgan fingerprint density at radius 1 is 1.23 bits per heavy atom. The average molecular weight is 446 g/mol. The molecule has 1 heterocycles. The Hall–Kier alpha value is -3.07. The van der Waals surface area contributed by atoms with Gasteiger partial charge in [0.05, 0.1) is 28.9 Å². The predicted molar refractivity (Wildman–Crippen MR) is 119 cm³/mol. The molecule has 9 heteroatoms. The monoisotopic (exact) mass is 445 g/mol. The van der Waals surface area contributed by atoms with Crippen molar-refractivity contribution in [3.8, 4) is 5.75 Å². The molecule has 1 aliphatic heterocycles. The highest BCUT2D eigenvalue weighted by Gasteiger charge is 2.27. The minimum atomic E-state index is -4.02. The van der Waals surface area contributed by atoms with Crippen LogP contribution in [0.3, 0.4) is 0 Å². The Kier molecular flexibility index (Phi) is 6.84. The first-order chi connectivity index (χ1) is 14.8. The second-order valence-corrected chi connectivity index (χ2v) is 9.10. The summed E-state index contributed by atoms with van der Waals surface area (Å²) in [5.74, 6) is -0.0128. The lowest BCUT2D eigenvalue weighted by molar-refractivity contribution is -0.117. The normalized spacial score (nSPS) is 14.9. The van der Waals surface area contributed by atoms with E-state index in [4.69, 9.17) is 4.74 Å². The van der Waals surface area contributed by atoms with Crippen molar-refractivity contribution in [1.29, 1.82) is 0 Å². The van der Waals surface area contributed by atoms with Crippen LogP contribution in [-0.2, 0) is 14.8 Å². The molecular formula is C22H27N3O5S. The minimum Gasteiger partial charge on any atom is -0.495 e. The van der Waals surface area contributed by atoms with Gasteiger partial charge >= 0.3 is 0 Å². The molecule has 8 nitrogen and oxygen atoms in total. The largest absolute Gasteiger partial charge is 0.495 e. The van der Waals surface area contributed by atoms with Gasteiger partial charge in [-0.05, 0) is 50.1 Å². The lowest BCUT2D eigenvalue weighted by Crippen LogP contribution is -2.32. The smallest absolute Gasteiger partial charge is 0.261 e. The number of anilines is 2. The first-order valence-corrected chi connectivity index (χ1v) is 11.7. The van der Waals surface area contributed by atoms with Crippen LogP contribution in [0.2, 0.25) is 0 Å². The molecule has 166 valence electrons. The Morgan fingerprint density at radius 2 is 1.97 bits per heavy atom. The summed E-state index contributed by atoms with van der Waals surface area (Å²) in [7, 11) is -2.55. The summed E-state index contributed by atoms with van der Waals surface area (Å²) < 4.78 is 34.1. The van der Waals surface area contributed by atoms with Crippen molar-refractivity contribution in [3.05, 3.63) is 48.0 Å². The van der Waals surface area contributed by atoms with E-state index in [2.05, 4.69) is 10.0 Å². The number of hydrogen-bond acceptors (Lipinski definition) is 5. The van der Waals surface area contributed by atoms with Gasteiger partial charge in [-0.2, -0.15) is 0 Å². The van der Waals surface area contributed by atoms with Crippen molar-refractivity contribution in [1.82, 2.24) is 5.32 Å². The maximum Gasteiger partial charge on any atom is 0.261 e. The molecule has 1 fully saturated rings. The molecule has 31 heavy (non-hydrogen) atoms. The minimum absolute atomic E-state index is 0.0277. The topological polar surface area (TPSA) is 105 Å². The third kappa shape index (κ3) is 4.99. The maximum absolute atomic E-state index is 13.1. The fourth-order valence-electron chi connectivity index (χ4n) is 3.33. The summed E-state index contributed by atoms with van der Waals surface area (Å²) in [6.07, 6.45) is 1.87. The number of ether oxygens (including phenoxy) is 1. The zero-order chi connectivity index (χ0) is 22.6. The Bertz CT molecular complexity index is 1080. The molecule has 1 saturated heterocycles. The van der Waals surface area contributed by atoms with Crippen molar-refractivity contribution < 1.29 is 22.7 Å². The van der Waals surface area contributed by atoms with E-state index < -0.39 is 10.0 Å². The number of rotatable bonds is 8. The Balaban J connectivity index is 1.93. The number of sulfonamides is 1. The predicted octanol–water partition coefficient (Wildman–Crippen LogP) is 3.15. The summed E-state index contributed by atoms with van der Waals surface area (Å²) >= 11 is 0. The third-order valence-corrected chi connectivity index (χ3v) is 6.59. The molecule has 0 bridgehead atoms. The number of nitrogens with one attached hydrogen (secondary N) is 2. The van der Waals surface area contributed by atoms with Gasteiger partial charge in [0.1, 0.15) is 5.75 Å². The number of benzene rings is 2. The van der Waals surface area contributed by atoms with E-state index in [0.29, 0.717) is 30.8 Å². The Labute approximate surface area is 182 Å². The first kappa shape index (κ1) is 22.6. The number of hydrogen-bond donors (Lipinski definition) is 2.